The van der Waals surface area contributed by atoms with Gasteiger partial charge in [0.2, 0.25) is 5.91 Å². The fourth-order valence-electron chi connectivity index (χ4n) is 1.98. The Kier molecular flexibility index (Phi) is 4.90. The van der Waals surface area contributed by atoms with Crippen molar-refractivity contribution in [3.63, 3.8) is 0 Å². The van der Waals surface area contributed by atoms with Gasteiger partial charge in [-0.25, -0.2) is 0 Å². The summed E-state index contributed by atoms with van der Waals surface area (Å²) in [5.74, 6) is 1.13. The molecule has 1 N–H and O–H groups in total. The molecule has 0 unspecified atom stereocenters. The highest BCUT2D eigenvalue weighted by atomic mass is 32.2. The molecule has 0 aliphatic heterocycles. The van der Waals surface area contributed by atoms with Crippen LogP contribution in [0.2, 0.25) is 0 Å². The number of aromatic nitrogens is 3. The van der Waals surface area contributed by atoms with Crippen molar-refractivity contribution in [3.05, 3.63) is 29.8 Å². The highest BCUT2D eigenvalue weighted by Gasteiger charge is 2.16. The van der Waals surface area contributed by atoms with Crippen molar-refractivity contribution in [3.8, 4) is 11.4 Å². The normalized spacial score (nSPS) is 11.5. The lowest BCUT2D eigenvalue weighted by Gasteiger charge is -2.20. The van der Waals surface area contributed by atoms with Crippen LogP contribution in [0.4, 0.5) is 0 Å². The number of nitrogens with one attached hydrogen (secondary N) is 1. The second kappa shape index (κ2) is 6.52. The van der Waals surface area contributed by atoms with Crippen LogP contribution in [-0.4, -0.2) is 32.0 Å². The third-order valence-corrected chi connectivity index (χ3v) is 4.01. The molecule has 0 bridgehead atoms. The zero-order chi connectivity index (χ0) is 16.3. The van der Waals surface area contributed by atoms with Crippen LogP contribution in [0.3, 0.4) is 0 Å². The average molecular weight is 318 g/mol. The Bertz CT molecular complexity index is 656. The second-order valence-electron chi connectivity index (χ2n) is 6.32. The van der Waals surface area contributed by atoms with E-state index in [1.807, 2.05) is 56.7 Å². The molecule has 6 heteroatoms. The summed E-state index contributed by atoms with van der Waals surface area (Å²) in [5, 5.41) is 12.1. The molecule has 0 saturated carbocycles. The van der Waals surface area contributed by atoms with Crippen LogP contribution in [0.15, 0.2) is 29.4 Å². The maximum absolute atomic E-state index is 11.9. The van der Waals surface area contributed by atoms with E-state index < -0.39 is 0 Å². The number of benzene rings is 1. The molecule has 2 aromatic rings. The number of carbonyl (C=O) groups excluding carboxylic acids is 1. The summed E-state index contributed by atoms with van der Waals surface area (Å²) in [6.07, 6.45) is 0. The Hall–Kier alpha value is -1.82. The Morgan fingerprint density at radius 1 is 1.23 bits per heavy atom. The summed E-state index contributed by atoms with van der Waals surface area (Å²) in [5.41, 5.74) is 2.01. The van der Waals surface area contributed by atoms with E-state index in [1.54, 1.807) is 0 Å². The average Bonchev–Trinajstić information content (AvgIpc) is 2.77. The Morgan fingerprint density at radius 2 is 1.86 bits per heavy atom. The second-order valence-corrected chi connectivity index (χ2v) is 7.26. The molecular weight excluding hydrogens is 296 g/mol. The molecule has 0 saturated heterocycles. The van der Waals surface area contributed by atoms with Gasteiger partial charge in [-0.3, -0.25) is 4.79 Å². The van der Waals surface area contributed by atoms with Crippen LogP contribution in [-0.2, 0) is 11.8 Å². The predicted molar refractivity (Wildman–Crippen MR) is 89.8 cm³/mol. The number of amides is 1. The minimum atomic E-state index is -0.218. The topological polar surface area (TPSA) is 59.8 Å². The van der Waals surface area contributed by atoms with Crippen LogP contribution in [0.5, 0.6) is 0 Å². The van der Waals surface area contributed by atoms with E-state index in [0.717, 1.165) is 16.5 Å². The summed E-state index contributed by atoms with van der Waals surface area (Å²) in [6.45, 7) is 7.95. The van der Waals surface area contributed by atoms with Crippen molar-refractivity contribution in [2.45, 2.75) is 38.4 Å². The number of hydrogen-bond donors (Lipinski definition) is 1. The number of thioether (sulfide) groups is 1. The first-order valence-corrected chi connectivity index (χ1v) is 8.15. The monoisotopic (exact) mass is 318 g/mol. The molecule has 0 spiro atoms. The van der Waals surface area contributed by atoms with Gasteiger partial charge in [-0.15, -0.1) is 10.2 Å². The summed E-state index contributed by atoms with van der Waals surface area (Å²) >= 11 is 1.39. The first kappa shape index (κ1) is 16.5. The molecule has 5 nitrogen and oxygen atoms in total. The zero-order valence-corrected chi connectivity index (χ0v) is 14.5. The van der Waals surface area contributed by atoms with Gasteiger partial charge in [0.05, 0.1) is 5.75 Å². The fourth-order valence-corrected chi connectivity index (χ4v) is 2.69. The molecule has 0 fully saturated rings. The van der Waals surface area contributed by atoms with Crippen molar-refractivity contribution in [1.82, 2.24) is 20.1 Å². The highest BCUT2D eigenvalue weighted by Crippen LogP contribution is 2.22. The summed E-state index contributed by atoms with van der Waals surface area (Å²) in [6, 6.07) is 8.15. The zero-order valence-electron chi connectivity index (χ0n) is 13.7. The number of carbonyl (C=O) groups is 1. The fraction of sp³-hybridized carbons (Fsp3) is 0.438. The molecular formula is C16H22N4OS. The van der Waals surface area contributed by atoms with Crippen LogP contribution < -0.4 is 5.32 Å². The maximum atomic E-state index is 11.9. The Labute approximate surface area is 135 Å². The number of aryl methyl sites for hydroxylation is 1. The number of rotatable bonds is 4. The van der Waals surface area contributed by atoms with E-state index in [1.165, 1.54) is 17.3 Å². The minimum absolute atomic E-state index is 0.00242. The van der Waals surface area contributed by atoms with Crippen molar-refractivity contribution in [2.24, 2.45) is 7.05 Å². The van der Waals surface area contributed by atoms with Gasteiger partial charge in [0.15, 0.2) is 11.0 Å². The van der Waals surface area contributed by atoms with Crippen molar-refractivity contribution >= 4 is 17.7 Å². The molecule has 1 heterocycles. The molecule has 1 aromatic heterocycles. The first-order valence-electron chi connectivity index (χ1n) is 7.16. The molecule has 0 aliphatic carbocycles. The van der Waals surface area contributed by atoms with Gasteiger partial charge in [-0.1, -0.05) is 41.6 Å². The smallest absolute Gasteiger partial charge is 0.230 e. The molecule has 0 aliphatic rings. The first-order chi connectivity index (χ1) is 10.3. The van der Waals surface area contributed by atoms with Gasteiger partial charge in [0.1, 0.15) is 0 Å². The van der Waals surface area contributed by atoms with E-state index in [9.17, 15) is 4.79 Å². The van der Waals surface area contributed by atoms with Gasteiger partial charge in [0, 0.05) is 18.2 Å². The lowest BCUT2D eigenvalue weighted by molar-refractivity contribution is -0.119. The summed E-state index contributed by atoms with van der Waals surface area (Å²) in [7, 11) is 1.92. The summed E-state index contributed by atoms with van der Waals surface area (Å²) in [4.78, 5) is 11.9. The lowest BCUT2D eigenvalue weighted by Crippen LogP contribution is -2.41. The Morgan fingerprint density at radius 3 is 2.45 bits per heavy atom. The molecule has 1 aromatic carbocycles. The van der Waals surface area contributed by atoms with Gasteiger partial charge < -0.3 is 9.88 Å². The van der Waals surface area contributed by atoms with Crippen molar-refractivity contribution in [2.75, 3.05) is 5.75 Å². The molecule has 22 heavy (non-hydrogen) atoms. The third kappa shape index (κ3) is 4.34. The quantitative estimate of drug-likeness (QED) is 0.881. The third-order valence-electron chi connectivity index (χ3n) is 2.99. The van der Waals surface area contributed by atoms with E-state index in [4.69, 9.17) is 0 Å². The number of nitrogens with zero attached hydrogens (tertiary/aromatic N) is 3. The van der Waals surface area contributed by atoms with Gasteiger partial charge in [-0.05, 0) is 27.7 Å². The molecule has 2 rings (SSSR count). The van der Waals surface area contributed by atoms with Gasteiger partial charge in [-0.2, -0.15) is 0 Å². The van der Waals surface area contributed by atoms with Crippen LogP contribution in [0, 0.1) is 6.92 Å². The lowest BCUT2D eigenvalue weighted by atomic mass is 10.1. The van der Waals surface area contributed by atoms with Gasteiger partial charge >= 0.3 is 0 Å². The van der Waals surface area contributed by atoms with E-state index in [-0.39, 0.29) is 11.4 Å². The van der Waals surface area contributed by atoms with Crippen molar-refractivity contribution < 1.29 is 4.79 Å². The molecule has 1 amide bonds. The standard InChI is InChI=1S/C16H22N4OS/c1-11-6-8-12(9-7-11)14-18-19-15(20(14)5)22-10-13(21)17-16(2,3)4/h6-9H,10H2,1-5H3,(H,17,21). The van der Waals surface area contributed by atoms with Crippen LogP contribution >= 0.6 is 11.8 Å². The largest absolute Gasteiger partial charge is 0.351 e. The predicted octanol–water partition coefficient (Wildman–Crippen LogP) is 2.80. The SMILES string of the molecule is Cc1ccc(-c2nnc(SCC(=O)NC(C)(C)C)n2C)cc1. The van der Waals surface area contributed by atoms with Crippen LogP contribution in [0.1, 0.15) is 26.3 Å². The summed E-state index contributed by atoms with van der Waals surface area (Å²) < 4.78 is 1.92. The van der Waals surface area contributed by atoms with Crippen molar-refractivity contribution in [1.29, 1.82) is 0 Å². The molecule has 0 radical (unpaired) electrons. The minimum Gasteiger partial charge on any atom is -0.351 e. The van der Waals surface area contributed by atoms with Crippen LogP contribution in [0.25, 0.3) is 11.4 Å². The number of hydrogen-bond acceptors (Lipinski definition) is 4. The maximum Gasteiger partial charge on any atom is 0.230 e. The Balaban J connectivity index is 2.05. The highest BCUT2D eigenvalue weighted by molar-refractivity contribution is 7.99. The molecule has 0 atom stereocenters. The van der Waals surface area contributed by atoms with E-state index in [2.05, 4.69) is 22.4 Å². The van der Waals surface area contributed by atoms with E-state index >= 15 is 0 Å². The molecule has 118 valence electrons. The van der Waals surface area contributed by atoms with Gasteiger partial charge in [0.25, 0.3) is 0 Å². The van der Waals surface area contributed by atoms with E-state index in [0.29, 0.717) is 5.75 Å².